The second kappa shape index (κ2) is 6.02. The third-order valence-corrected chi connectivity index (χ3v) is 3.31. The first kappa shape index (κ1) is 14.0. The average Bonchev–Trinajstić information content (AvgIpc) is 2.39. The number of carbonyl (C=O) groups excluding carboxylic acids is 1. The van der Waals surface area contributed by atoms with Crippen LogP contribution in [0.25, 0.3) is 4.85 Å². The highest BCUT2D eigenvalue weighted by Crippen LogP contribution is 2.43. The molecule has 0 spiro atoms. The van der Waals surface area contributed by atoms with E-state index in [1.165, 1.54) is 6.08 Å². The van der Waals surface area contributed by atoms with E-state index in [-0.39, 0.29) is 18.3 Å². The van der Waals surface area contributed by atoms with E-state index in [1.54, 1.807) is 6.92 Å². The first-order chi connectivity index (χ1) is 8.60. The van der Waals surface area contributed by atoms with E-state index in [0.717, 1.165) is 12.8 Å². The normalized spacial score (nSPS) is 25.5. The zero-order valence-electron chi connectivity index (χ0n) is 10.5. The largest absolute Gasteiger partial charge is 0.461 e. The third kappa shape index (κ3) is 2.60. The Balaban J connectivity index is 3.13. The predicted molar refractivity (Wildman–Crippen MR) is 67.0 cm³/mol. The summed E-state index contributed by atoms with van der Waals surface area (Å²) in [5.74, 6) is -0.367. The van der Waals surface area contributed by atoms with Crippen molar-refractivity contribution in [3.63, 3.8) is 0 Å². The van der Waals surface area contributed by atoms with Gasteiger partial charge >= 0.3 is 5.97 Å². The number of nitriles is 1. The Labute approximate surface area is 107 Å². The molecule has 1 aliphatic rings. The third-order valence-electron chi connectivity index (χ3n) is 3.31. The van der Waals surface area contributed by atoms with E-state index < -0.39 is 5.41 Å². The number of hydrogen-bond donors (Lipinski definition) is 0. The van der Waals surface area contributed by atoms with Crippen molar-refractivity contribution < 1.29 is 9.53 Å². The number of carbonyl (C=O) groups is 1. The Morgan fingerprint density at radius 2 is 2.44 bits per heavy atom. The van der Waals surface area contributed by atoms with Crippen molar-refractivity contribution in [2.75, 3.05) is 6.61 Å². The standard InChI is InChI=1S/C14H16N2O2/c1-4-9-18-13(17)14(2)8-6-5-7-11(14)12(10-15)16-3/h4H,1,5-9H2,2H3/b12-11+. The molecule has 1 atom stereocenters. The highest BCUT2D eigenvalue weighted by molar-refractivity contribution is 5.81. The Morgan fingerprint density at radius 3 is 3.00 bits per heavy atom. The minimum atomic E-state index is -0.836. The molecule has 0 amide bonds. The molecule has 0 aliphatic heterocycles. The maximum atomic E-state index is 12.1. The van der Waals surface area contributed by atoms with Crippen molar-refractivity contribution in [1.29, 1.82) is 5.26 Å². The van der Waals surface area contributed by atoms with Crippen molar-refractivity contribution in [2.45, 2.75) is 32.6 Å². The maximum absolute atomic E-state index is 12.1. The van der Waals surface area contributed by atoms with Crippen molar-refractivity contribution in [3.8, 4) is 6.07 Å². The highest BCUT2D eigenvalue weighted by atomic mass is 16.5. The van der Waals surface area contributed by atoms with E-state index in [0.29, 0.717) is 18.4 Å². The van der Waals surface area contributed by atoms with Gasteiger partial charge in [0.05, 0.1) is 18.1 Å². The molecule has 0 aromatic heterocycles. The van der Waals surface area contributed by atoms with Crippen molar-refractivity contribution >= 4 is 5.97 Å². The zero-order chi connectivity index (χ0) is 13.6. The monoisotopic (exact) mass is 244 g/mol. The maximum Gasteiger partial charge on any atom is 0.315 e. The van der Waals surface area contributed by atoms with E-state index in [9.17, 15) is 4.79 Å². The molecule has 0 N–H and O–H groups in total. The molecule has 0 aromatic carbocycles. The van der Waals surface area contributed by atoms with Crippen LogP contribution in [0.5, 0.6) is 0 Å². The Bertz CT molecular complexity index is 449. The van der Waals surface area contributed by atoms with Crippen LogP contribution in [-0.2, 0) is 9.53 Å². The molecule has 1 unspecified atom stereocenters. The molecular weight excluding hydrogens is 228 g/mol. The van der Waals surface area contributed by atoms with Gasteiger partial charge in [-0.3, -0.25) is 4.79 Å². The highest BCUT2D eigenvalue weighted by Gasteiger charge is 2.41. The molecule has 0 saturated heterocycles. The van der Waals surface area contributed by atoms with Gasteiger partial charge in [-0.25, -0.2) is 10.1 Å². The molecule has 0 heterocycles. The van der Waals surface area contributed by atoms with Crippen LogP contribution in [-0.4, -0.2) is 12.6 Å². The van der Waals surface area contributed by atoms with Gasteiger partial charge in [0.1, 0.15) is 6.61 Å². The average molecular weight is 244 g/mol. The Kier molecular flexibility index (Phi) is 4.68. The van der Waals surface area contributed by atoms with Crippen LogP contribution in [0, 0.1) is 23.3 Å². The molecule has 0 radical (unpaired) electrons. The van der Waals surface area contributed by atoms with Gasteiger partial charge in [-0.15, -0.1) is 0 Å². The van der Waals surface area contributed by atoms with Crippen molar-refractivity contribution in [2.24, 2.45) is 5.41 Å². The van der Waals surface area contributed by atoms with Crippen LogP contribution in [0.1, 0.15) is 32.6 Å². The molecule has 0 bridgehead atoms. The summed E-state index contributed by atoms with van der Waals surface area (Å²) in [5, 5.41) is 8.98. The van der Waals surface area contributed by atoms with Gasteiger partial charge < -0.3 is 4.74 Å². The van der Waals surface area contributed by atoms with Crippen molar-refractivity contribution in [3.05, 3.63) is 35.3 Å². The number of allylic oxidation sites excluding steroid dienone is 1. The summed E-state index contributed by atoms with van der Waals surface area (Å²) in [6, 6.07) is 1.89. The van der Waals surface area contributed by atoms with Crippen LogP contribution in [0.4, 0.5) is 0 Å². The number of nitrogens with zero attached hydrogens (tertiary/aromatic N) is 2. The second-order valence-electron chi connectivity index (χ2n) is 4.48. The first-order valence-electron chi connectivity index (χ1n) is 5.89. The summed E-state index contributed by atoms with van der Waals surface area (Å²) in [4.78, 5) is 15.3. The summed E-state index contributed by atoms with van der Waals surface area (Å²) in [6.45, 7) is 12.4. The van der Waals surface area contributed by atoms with Gasteiger partial charge in [-0.1, -0.05) is 25.5 Å². The minimum absolute atomic E-state index is 0.0350. The van der Waals surface area contributed by atoms with Gasteiger partial charge in [0.25, 0.3) is 5.70 Å². The zero-order valence-corrected chi connectivity index (χ0v) is 10.5. The molecule has 4 nitrogen and oxygen atoms in total. The van der Waals surface area contributed by atoms with Gasteiger partial charge in [-0.05, 0) is 25.3 Å². The quantitative estimate of drug-likeness (QED) is 0.332. The summed E-state index contributed by atoms with van der Waals surface area (Å²) in [5.41, 5.74) is -0.176. The van der Waals surface area contributed by atoms with Crippen LogP contribution < -0.4 is 0 Å². The molecule has 94 valence electrons. The lowest BCUT2D eigenvalue weighted by atomic mass is 9.71. The van der Waals surface area contributed by atoms with Gasteiger partial charge in [-0.2, -0.15) is 0 Å². The molecule has 1 aliphatic carbocycles. The second-order valence-corrected chi connectivity index (χ2v) is 4.48. The van der Waals surface area contributed by atoms with Crippen LogP contribution in [0.3, 0.4) is 0 Å². The number of rotatable bonds is 3. The Morgan fingerprint density at radius 1 is 1.72 bits per heavy atom. The van der Waals surface area contributed by atoms with E-state index in [1.807, 2.05) is 6.07 Å². The lowest BCUT2D eigenvalue weighted by Crippen LogP contribution is -2.35. The number of ether oxygens (including phenoxy) is 1. The lowest BCUT2D eigenvalue weighted by molar-refractivity contribution is -0.152. The molecule has 1 saturated carbocycles. The number of esters is 1. The molecular formula is C14H16N2O2. The molecule has 4 heteroatoms. The van der Waals surface area contributed by atoms with Crippen LogP contribution in [0.15, 0.2) is 23.9 Å². The van der Waals surface area contributed by atoms with Gasteiger partial charge in [0.15, 0.2) is 0 Å². The fourth-order valence-corrected chi connectivity index (χ4v) is 2.27. The van der Waals surface area contributed by atoms with E-state index in [2.05, 4.69) is 11.4 Å². The molecule has 1 rings (SSSR count). The lowest BCUT2D eigenvalue weighted by Gasteiger charge is -2.34. The molecule has 18 heavy (non-hydrogen) atoms. The topological polar surface area (TPSA) is 54.5 Å². The minimum Gasteiger partial charge on any atom is -0.461 e. The summed E-state index contributed by atoms with van der Waals surface area (Å²) in [6.07, 6.45) is 4.55. The Hall–Kier alpha value is -2.07. The van der Waals surface area contributed by atoms with E-state index >= 15 is 0 Å². The first-order valence-corrected chi connectivity index (χ1v) is 5.89. The predicted octanol–water partition coefficient (Wildman–Crippen LogP) is 2.99. The summed E-state index contributed by atoms with van der Waals surface area (Å²) < 4.78 is 5.10. The number of hydrogen-bond acceptors (Lipinski definition) is 3. The summed E-state index contributed by atoms with van der Waals surface area (Å²) in [7, 11) is 0. The van der Waals surface area contributed by atoms with Crippen LogP contribution in [0.2, 0.25) is 0 Å². The smallest absolute Gasteiger partial charge is 0.315 e. The van der Waals surface area contributed by atoms with Crippen molar-refractivity contribution in [1.82, 2.24) is 0 Å². The van der Waals surface area contributed by atoms with Crippen LogP contribution >= 0.6 is 0 Å². The van der Waals surface area contributed by atoms with Gasteiger partial charge in [0, 0.05) is 0 Å². The molecule has 1 fully saturated rings. The fourth-order valence-electron chi connectivity index (χ4n) is 2.27. The summed E-state index contributed by atoms with van der Waals surface area (Å²) >= 11 is 0. The van der Waals surface area contributed by atoms with E-state index in [4.69, 9.17) is 16.6 Å². The molecule has 0 aromatic rings. The SMILES string of the molecule is [C-]#[N+]/C(C#N)=C1\CCCCC1(C)C(=O)OCC=C. The van der Waals surface area contributed by atoms with Gasteiger partial charge in [0.2, 0.25) is 0 Å². The fraction of sp³-hybridized carbons (Fsp3) is 0.500.